The van der Waals surface area contributed by atoms with Crippen LogP contribution in [0.1, 0.15) is 10.6 Å². The molecule has 1 N–H and O–H groups in total. The molecule has 2 aromatic rings. The van der Waals surface area contributed by atoms with Crippen molar-refractivity contribution >= 4 is 23.5 Å². The molecule has 6 heteroatoms. The molecule has 0 atom stereocenters. The number of amides is 2. The van der Waals surface area contributed by atoms with Crippen LogP contribution in [0.4, 0.5) is 5.69 Å². The number of aliphatic imine (C=N–C) groups is 1. The van der Waals surface area contributed by atoms with Crippen LogP contribution in [-0.4, -0.2) is 24.3 Å². The fraction of sp³-hybridized carbons (Fsp3) is 0.0714. The number of benzene rings is 1. The first kappa shape index (κ1) is 12.2. The van der Waals surface area contributed by atoms with Crippen LogP contribution in [-0.2, 0) is 4.79 Å². The van der Waals surface area contributed by atoms with Gasteiger partial charge in [-0.05, 0) is 24.3 Å². The standard InChI is InChI=1S/C14H11N3O3/c18-12-9-15-14(16-13(19)11-7-4-8-20-11)17(12)10-5-2-1-3-6-10/h1-8H,9H2,(H,15,16,19). The fourth-order valence-corrected chi connectivity index (χ4v) is 1.91. The molecule has 0 unspecified atom stereocenters. The van der Waals surface area contributed by atoms with Gasteiger partial charge in [0.25, 0.3) is 11.8 Å². The van der Waals surface area contributed by atoms with Crippen molar-refractivity contribution in [3.05, 3.63) is 54.5 Å². The molecule has 3 rings (SSSR count). The molecular weight excluding hydrogens is 258 g/mol. The van der Waals surface area contributed by atoms with Gasteiger partial charge in [0.2, 0.25) is 5.96 Å². The third kappa shape index (κ3) is 2.18. The van der Waals surface area contributed by atoms with Crippen LogP contribution in [0.2, 0.25) is 0 Å². The van der Waals surface area contributed by atoms with E-state index >= 15 is 0 Å². The summed E-state index contributed by atoms with van der Waals surface area (Å²) in [6.07, 6.45) is 1.41. The zero-order valence-electron chi connectivity index (χ0n) is 10.4. The monoisotopic (exact) mass is 269 g/mol. The molecule has 0 saturated heterocycles. The summed E-state index contributed by atoms with van der Waals surface area (Å²) in [5, 5.41) is 2.58. The Kier molecular flexibility index (Phi) is 3.04. The molecule has 2 amide bonds. The highest BCUT2D eigenvalue weighted by atomic mass is 16.3. The minimum Gasteiger partial charge on any atom is -0.459 e. The van der Waals surface area contributed by atoms with Crippen LogP contribution in [0.25, 0.3) is 0 Å². The van der Waals surface area contributed by atoms with E-state index in [0.717, 1.165) is 0 Å². The van der Waals surface area contributed by atoms with E-state index < -0.39 is 5.91 Å². The number of carbonyl (C=O) groups excluding carboxylic acids is 2. The Balaban J connectivity index is 1.82. The van der Waals surface area contributed by atoms with Gasteiger partial charge in [0.05, 0.1) is 12.0 Å². The van der Waals surface area contributed by atoms with Gasteiger partial charge in [0, 0.05) is 0 Å². The summed E-state index contributed by atoms with van der Waals surface area (Å²) in [5.41, 5.74) is 0.661. The summed E-state index contributed by atoms with van der Waals surface area (Å²) in [6, 6.07) is 12.2. The topological polar surface area (TPSA) is 74.9 Å². The summed E-state index contributed by atoms with van der Waals surface area (Å²) in [6.45, 7) is 0.0165. The van der Waals surface area contributed by atoms with Gasteiger partial charge in [0.1, 0.15) is 6.54 Å². The van der Waals surface area contributed by atoms with E-state index in [1.165, 1.54) is 11.2 Å². The normalized spacial score (nSPS) is 14.3. The number of nitrogens with one attached hydrogen (secondary N) is 1. The van der Waals surface area contributed by atoms with Crippen molar-refractivity contribution in [2.45, 2.75) is 0 Å². The predicted molar refractivity (Wildman–Crippen MR) is 72.4 cm³/mol. The maximum atomic E-state index is 11.9. The number of hydrogen-bond donors (Lipinski definition) is 1. The van der Waals surface area contributed by atoms with E-state index in [9.17, 15) is 9.59 Å². The van der Waals surface area contributed by atoms with Gasteiger partial charge in [0.15, 0.2) is 5.76 Å². The molecule has 1 aromatic carbocycles. The van der Waals surface area contributed by atoms with Crippen LogP contribution >= 0.6 is 0 Å². The first-order chi connectivity index (χ1) is 9.75. The first-order valence-corrected chi connectivity index (χ1v) is 6.03. The Morgan fingerprint density at radius 1 is 1.20 bits per heavy atom. The average Bonchev–Trinajstić information content (AvgIpc) is 3.10. The maximum Gasteiger partial charge on any atom is 0.293 e. The molecule has 2 heterocycles. The molecule has 0 fully saturated rings. The highest BCUT2D eigenvalue weighted by molar-refractivity contribution is 6.24. The van der Waals surface area contributed by atoms with Crippen molar-refractivity contribution in [3.63, 3.8) is 0 Å². The molecule has 20 heavy (non-hydrogen) atoms. The number of hydrogen-bond acceptors (Lipinski definition) is 4. The number of anilines is 1. The molecule has 100 valence electrons. The van der Waals surface area contributed by atoms with Crippen molar-refractivity contribution in [2.24, 2.45) is 4.99 Å². The van der Waals surface area contributed by atoms with E-state index in [4.69, 9.17) is 4.42 Å². The highest BCUT2D eigenvalue weighted by Gasteiger charge is 2.28. The van der Waals surface area contributed by atoms with E-state index in [0.29, 0.717) is 5.69 Å². The molecule has 0 bridgehead atoms. The van der Waals surface area contributed by atoms with Crippen molar-refractivity contribution in [2.75, 3.05) is 11.4 Å². The lowest BCUT2D eigenvalue weighted by atomic mass is 10.3. The molecule has 1 aromatic heterocycles. The molecule has 0 spiro atoms. The van der Waals surface area contributed by atoms with Crippen LogP contribution < -0.4 is 10.2 Å². The largest absolute Gasteiger partial charge is 0.459 e. The third-order valence-electron chi connectivity index (χ3n) is 2.81. The fourth-order valence-electron chi connectivity index (χ4n) is 1.91. The van der Waals surface area contributed by atoms with Crippen molar-refractivity contribution in [1.82, 2.24) is 5.32 Å². The van der Waals surface area contributed by atoms with Gasteiger partial charge >= 0.3 is 0 Å². The van der Waals surface area contributed by atoms with Crippen LogP contribution in [0.5, 0.6) is 0 Å². The zero-order chi connectivity index (χ0) is 13.9. The Morgan fingerprint density at radius 3 is 2.70 bits per heavy atom. The predicted octanol–water partition coefficient (Wildman–Crippen LogP) is 1.41. The van der Waals surface area contributed by atoms with E-state index in [1.807, 2.05) is 18.2 Å². The molecule has 0 saturated carbocycles. The van der Waals surface area contributed by atoms with Crippen LogP contribution in [0.3, 0.4) is 0 Å². The van der Waals surface area contributed by atoms with Gasteiger partial charge in [-0.3, -0.25) is 14.9 Å². The molecule has 0 radical (unpaired) electrons. The lowest BCUT2D eigenvalue weighted by Gasteiger charge is -2.18. The second kappa shape index (κ2) is 5.00. The Morgan fingerprint density at radius 2 is 2.00 bits per heavy atom. The average molecular weight is 269 g/mol. The van der Waals surface area contributed by atoms with Gasteiger partial charge in [-0.15, -0.1) is 0 Å². The Hall–Kier alpha value is -2.89. The Labute approximate surface area is 114 Å². The number of rotatable bonds is 2. The number of guanidine groups is 1. The van der Waals surface area contributed by atoms with E-state index in [-0.39, 0.29) is 24.2 Å². The lowest BCUT2D eigenvalue weighted by molar-refractivity contribution is -0.115. The number of para-hydroxylation sites is 1. The summed E-state index contributed by atoms with van der Waals surface area (Å²) in [7, 11) is 0. The van der Waals surface area contributed by atoms with Gasteiger partial charge in [-0.1, -0.05) is 18.2 Å². The van der Waals surface area contributed by atoms with Crippen molar-refractivity contribution in [1.29, 1.82) is 0 Å². The Bertz CT molecular complexity index is 662. The quantitative estimate of drug-likeness (QED) is 0.895. The minimum atomic E-state index is -0.440. The zero-order valence-corrected chi connectivity index (χ0v) is 10.4. The maximum absolute atomic E-state index is 11.9. The van der Waals surface area contributed by atoms with Gasteiger partial charge < -0.3 is 4.42 Å². The number of carbonyl (C=O) groups is 2. The second-order valence-corrected chi connectivity index (χ2v) is 4.14. The number of furan rings is 1. The first-order valence-electron chi connectivity index (χ1n) is 6.03. The van der Waals surface area contributed by atoms with Crippen molar-refractivity contribution in [3.8, 4) is 0 Å². The minimum absolute atomic E-state index is 0.0165. The summed E-state index contributed by atoms with van der Waals surface area (Å²) in [4.78, 5) is 29.2. The molecule has 1 aliphatic heterocycles. The van der Waals surface area contributed by atoms with Crippen LogP contribution in [0.15, 0.2) is 58.1 Å². The molecule has 6 nitrogen and oxygen atoms in total. The van der Waals surface area contributed by atoms with Crippen LogP contribution in [0, 0.1) is 0 Å². The molecular formula is C14H11N3O3. The molecule has 1 aliphatic rings. The van der Waals surface area contributed by atoms with Crippen molar-refractivity contribution < 1.29 is 14.0 Å². The van der Waals surface area contributed by atoms with Gasteiger partial charge in [-0.25, -0.2) is 9.89 Å². The summed E-state index contributed by atoms with van der Waals surface area (Å²) < 4.78 is 5.00. The molecule has 0 aliphatic carbocycles. The van der Waals surface area contributed by atoms with E-state index in [1.54, 1.807) is 24.3 Å². The summed E-state index contributed by atoms with van der Waals surface area (Å²) >= 11 is 0. The van der Waals surface area contributed by atoms with Gasteiger partial charge in [-0.2, -0.15) is 0 Å². The highest BCUT2D eigenvalue weighted by Crippen LogP contribution is 2.17. The second-order valence-electron chi connectivity index (χ2n) is 4.14. The summed E-state index contributed by atoms with van der Waals surface area (Å²) in [5.74, 6) is -0.252. The lowest BCUT2D eigenvalue weighted by Crippen LogP contribution is -2.43. The van der Waals surface area contributed by atoms with E-state index in [2.05, 4.69) is 10.3 Å². The third-order valence-corrected chi connectivity index (χ3v) is 2.81. The smallest absolute Gasteiger partial charge is 0.293 e. The number of nitrogens with zero attached hydrogens (tertiary/aromatic N) is 2. The SMILES string of the molecule is O=C(NC1=NCC(=O)N1c1ccccc1)c1ccco1.